The van der Waals surface area contributed by atoms with Crippen LogP contribution in [0, 0.1) is 5.82 Å². The number of hydrogen-bond acceptors (Lipinski definition) is 7. The molecule has 0 spiro atoms. The fourth-order valence-corrected chi connectivity index (χ4v) is 4.71. The van der Waals surface area contributed by atoms with Gasteiger partial charge in [0.25, 0.3) is 11.7 Å². The molecule has 5 rings (SSSR count). The summed E-state index contributed by atoms with van der Waals surface area (Å²) >= 11 is 0. The van der Waals surface area contributed by atoms with E-state index in [-0.39, 0.29) is 11.6 Å². The molecule has 5 N–H and O–H groups in total. The Balaban J connectivity index is 1.45. The first-order valence-corrected chi connectivity index (χ1v) is 12.6. The molecule has 39 heavy (non-hydrogen) atoms. The van der Waals surface area contributed by atoms with Crippen molar-refractivity contribution in [3.63, 3.8) is 0 Å². The third-order valence-electron chi connectivity index (χ3n) is 6.92. The predicted octanol–water partition coefficient (Wildman–Crippen LogP) is 3.46. The molecule has 2 amide bonds. The van der Waals surface area contributed by atoms with Crippen LogP contribution < -0.4 is 26.6 Å². The number of nitrogens with two attached hydrogens (primary N) is 1. The van der Waals surface area contributed by atoms with Crippen LogP contribution in [0.2, 0.25) is 0 Å². The van der Waals surface area contributed by atoms with Gasteiger partial charge in [0.15, 0.2) is 0 Å². The third-order valence-corrected chi connectivity index (χ3v) is 6.92. The molecule has 2 aliphatic heterocycles. The predicted molar refractivity (Wildman–Crippen MR) is 154 cm³/mol. The molecular formula is C29H30FN7O2. The van der Waals surface area contributed by atoms with Crippen LogP contribution in [0.4, 0.5) is 27.1 Å². The molecule has 1 unspecified atom stereocenters. The minimum atomic E-state index is -1.83. The van der Waals surface area contributed by atoms with Crippen LogP contribution >= 0.6 is 0 Å². The fourth-order valence-electron chi connectivity index (χ4n) is 4.71. The van der Waals surface area contributed by atoms with Crippen molar-refractivity contribution in [2.45, 2.75) is 5.79 Å². The highest BCUT2D eigenvalue weighted by Crippen LogP contribution is 2.37. The van der Waals surface area contributed by atoms with Gasteiger partial charge in [-0.2, -0.15) is 0 Å². The van der Waals surface area contributed by atoms with Crippen LogP contribution in [0.5, 0.6) is 0 Å². The smallest absolute Gasteiger partial charge is 0.288 e. The number of amides is 2. The molecule has 9 nitrogen and oxygen atoms in total. The molecule has 3 aromatic rings. The summed E-state index contributed by atoms with van der Waals surface area (Å²) < 4.78 is 15.3. The van der Waals surface area contributed by atoms with Gasteiger partial charge >= 0.3 is 0 Å². The number of likely N-dealkylation sites (N-methyl/N-ethyl adjacent to an activating group) is 1. The molecule has 2 aliphatic rings. The number of rotatable bonds is 7. The number of piperazine rings is 1. The van der Waals surface area contributed by atoms with Gasteiger partial charge in [-0.3, -0.25) is 9.59 Å². The van der Waals surface area contributed by atoms with Gasteiger partial charge in [0.05, 0.1) is 11.4 Å². The van der Waals surface area contributed by atoms with Crippen molar-refractivity contribution in [2.24, 2.45) is 10.7 Å². The van der Waals surface area contributed by atoms with Crippen LogP contribution in [0.3, 0.4) is 0 Å². The maximum Gasteiger partial charge on any atom is 0.288 e. The monoisotopic (exact) mass is 527 g/mol. The zero-order chi connectivity index (χ0) is 27.6. The van der Waals surface area contributed by atoms with Gasteiger partial charge in [-0.15, -0.1) is 0 Å². The second-order valence-corrected chi connectivity index (χ2v) is 9.58. The highest BCUT2D eigenvalue weighted by molar-refractivity contribution is 6.04. The van der Waals surface area contributed by atoms with E-state index in [1.54, 1.807) is 24.3 Å². The number of fused-ring (bicyclic) bond motifs is 1. The number of carbonyl (C=O) groups is 2. The number of para-hydroxylation sites is 1. The Kier molecular flexibility index (Phi) is 7.03. The maximum absolute atomic E-state index is 15.3. The summed E-state index contributed by atoms with van der Waals surface area (Å²) in [5, 5.41) is 8.80. The second kappa shape index (κ2) is 10.6. The average molecular weight is 528 g/mol. The fraction of sp³-hybridized carbons (Fsp3) is 0.207. The van der Waals surface area contributed by atoms with Gasteiger partial charge < -0.3 is 31.5 Å². The van der Waals surface area contributed by atoms with Crippen molar-refractivity contribution >= 4 is 40.8 Å². The summed E-state index contributed by atoms with van der Waals surface area (Å²) in [6.07, 6.45) is 2.73. The van der Waals surface area contributed by atoms with E-state index in [1.807, 2.05) is 30.3 Å². The van der Waals surface area contributed by atoms with E-state index in [4.69, 9.17) is 5.73 Å². The van der Waals surface area contributed by atoms with E-state index in [0.29, 0.717) is 11.4 Å². The Morgan fingerprint density at radius 2 is 1.87 bits per heavy atom. The number of halogens is 1. The van der Waals surface area contributed by atoms with Crippen LogP contribution in [0.25, 0.3) is 11.1 Å². The summed E-state index contributed by atoms with van der Waals surface area (Å²) in [5.74, 6) is -3.50. The molecule has 1 atom stereocenters. The Morgan fingerprint density at radius 1 is 1.10 bits per heavy atom. The van der Waals surface area contributed by atoms with Crippen molar-refractivity contribution in [3.05, 3.63) is 84.7 Å². The van der Waals surface area contributed by atoms with E-state index < -0.39 is 17.5 Å². The van der Waals surface area contributed by atoms with E-state index in [1.165, 1.54) is 18.4 Å². The minimum Gasteiger partial charge on any atom is -0.369 e. The third kappa shape index (κ3) is 5.32. The van der Waals surface area contributed by atoms with Gasteiger partial charge in [-0.1, -0.05) is 36.9 Å². The first-order valence-electron chi connectivity index (χ1n) is 12.6. The highest BCUT2D eigenvalue weighted by Gasteiger charge is 2.40. The van der Waals surface area contributed by atoms with E-state index in [0.717, 1.165) is 48.6 Å². The summed E-state index contributed by atoms with van der Waals surface area (Å²) in [6, 6.07) is 17.7. The molecule has 2 heterocycles. The zero-order valence-electron chi connectivity index (χ0n) is 21.6. The number of benzene rings is 3. The number of hydrogen-bond donors (Lipinski definition) is 4. The van der Waals surface area contributed by atoms with Crippen molar-refractivity contribution < 1.29 is 14.0 Å². The lowest BCUT2D eigenvalue weighted by atomic mass is 9.98. The lowest BCUT2D eigenvalue weighted by molar-refractivity contribution is -0.121. The second-order valence-electron chi connectivity index (χ2n) is 9.58. The Bertz CT molecular complexity index is 1470. The van der Waals surface area contributed by atoms with Crippen LogP contribution in [0.1, 0.15) is 5.56 Å². The number of nitrogens with zero attached hydrogens (tertiary/aromatic N) is 3. The molecule has 0 saturated carbocycles. The summed E-state index contributed by atoms with van der Waals surface area (Å²) in [5.41, 5.74) is 10.1. The number of aliphatic imine (C=N–C) groups is 1. The summed E-state index contributed by atoms with van der Waals surface area (Å²) in [4.78, 5) is 33.3. The molecular weight excluding hydrogens is 497 g/mol. The highest BCUT2D eigenvalue weighted by atomic mass is 19.1. The molecule has 0 bridgehead atoms. The Morgan fingerprint density at radius 3 is 2.59 bits per heavy atom. The average Bonchev–Trinajstić information content (AvgIpc) is 2.94. The number of anilines is 4. The zero-order valence-corrected chi connectivity index (χ0v) is 21.6. The van der Waals surface area contributed by atoms with Crippen molar-refractivity contribution in [1.82, 2.24) is 4.90 Å². The quantitative estimate of drug-likeness (QED) is 0.350. The lowest BCUT2D eigenvalue weighted by Crippen LogP contribution is -2.56. The van der Waals surface area contributed by atoms with Crippen molar-refractivity contribution in [1.29, 1.82) is 0 Å². The van der Waals surface area contributed by atoms with Gasteiger partial charge in [-0.25, -0.2) is 9.38 Å². The number of primary amides is 1. The Labute approximate surface area is 226 Å². The van der Waals surface area contributed by atoms with Crippen LogP contribution in [0.15, 0.2) is 78.3 Å². The molecule has 10 heteroatoms. The van der Waals surface area contributed by atoms with Gasteiger partial charge in [0, 0.05) is 54.9 Å². The topological polar surface area (TPSA) is 115 Å². The number of carbonyl (C=O) groups excluding carboxylic acids is 2. The molecule has 3 aromatic carbocycles. The van der Waals surface area contributed by atoms with Gasteiger partial charge in [0.1, 0.15) is 5.82 Å². The Hall–Kier alpha value is -4.70. The normalized spacial score (nSPS) is 18.6. The van der Waals surface area contributed by atoms with E-state index in [2.05, 4.69) is 44.4 Å². The number of nitrogens with one attached hydrogen (secondary N) is 3. The minimum absolute atomic E-state index is 0.0893. The SMILES string of the molecule is C=CC(=O)Nc1cccc(-c2cccc3c2NC(Nc2ccc(N4CCN(C)CC4)cc2F)(C(N)=O)N=C3)c1. The van der Waals surface area contributed by atoms with E-state index in [9.17, 15) is 9.59 Å². The molecule has 200 valence electrons. The molecule has 1 fully saturated rings. The first-order chi connectivity index (χ1) is 18.8. The molecule has 0 radical (unpaired) electrons. The molecule has 0 aromatic heterocycles. The van der Waals surface area contributed by atoms with Crippen LogP contribution in [-0.2, 0) is 9.59 Å². The van der Waals surface area contributed by atoms with Crippen molar-refractivity contribution in [2.75, 3.05) is 54.1 Å². The molecule has 1 saturated heterocycles. The largest absolute Gasteiger partial charge is 0.369 e. The van der Waals surface area contributed by atoms with Crippen LogP contribution in [-0.4, -0.2) is 61.9 Å². The summed E-state index contributed by atoms with van der Waals surface area (Å²) in [7, 11) is 2.06. The van der Waals surface area contributed by atoms with Gasteiger partial charge in [-0.05, 0) is 49.0 Å². The van der Waals surface area contributed by atoms with Crippen molar-refractivity contribution in [3.8, 4) is 11.1 Å². The standard InChI is InChI=1S/C29H30FN7O2/c1-3-26(38)33-21-8-4-6-19(16-21)23-9-5-7-20-18-32-29(28(31)39,35-27(20)23)34-25-11-10-22(17-24(25)30)37-14-12-36(2)13-15-37/h3-11,16-18,34-35H,1,12-15H2,2H3,(H2,31,39)(H,33,38). The van der Waals surface area contributed by atoms with E-state index >= 15 is 4.39 Å². The van der Waals surface area contributed by atoms with Gasteiger partial charge in [0.2, 0.25) is 5.91 Å². The summed E-state index contributed by atoms with van der Waals surface area (Å²) in [6.45, 7) is 6.89. The lowest BCUT2D eigenvalue weighted by Gasteiger charge is -2.36. The maximum atomic E-state index is 15.3. The first kappa shape index (κ1) is 25.9. The molecule has 0 aliphatic carbocycles.